The second-order valence-electron chi connectivity index (χ2n) is 4.77. The van der Waals surface area contributed by atoms with Gasteiger partial charge in [0.15, 0.2) is 11.4 Å². The second kappa shape index (κ2) is 5.77. The maximum Gasteiger partial charge on any atom is 0.180 e. The average Bonchev–Trinajstić information content (AvgIpc) is 2.85. The number of imidazole rings is 1. The van der Waals surface area contributed by atoms with Crippen LogP contribution < -0.4 is 9.47 Å². The first kappa shape index (κ1) is 13.9. The highest BCUT2D eigenvalue weighted by Gasteiger charge is 2.08. The van der Waals surface area contributed by atoms with Crippen LogP contribution in [0.25, 0.3) is 5.65 Å². The molecule has 2 heterocycles. The number of benzene rings is 1. The second-order valence-corrected chi connectivity index (χ2v) is 5.69. The number of aryl methyl sites for hydroxylation is 1. The molecule has 0 amide bonds. The van der Waals surface area contributed by atoms with Gasteiger partial charge in [-0.3, -0.25) is 0 Å². The monoisotopic (exact) mass is 346 g/mol. The zero-order chi connectivity index (χ0) is 14.8. The van der Waals surface area contributed by atoms with Crippen LogP contribution in [0, 0.1) is 6.92 Å². The van der Waals surface area contributed by atoms with Crippen LogP contribution in [0.1, 0.15) is 11.3 Å². The fraction of sp³-hybridized carbons (Fsp3) is 0.188. The maximum absolute atomic E-state index is 5.92. The van der Waals surface area contributed by atoms with Gasteiger partial charge in [-0.05, 0) is 46.6 Å². The van der Waals surface area contributed by atoms with Crippen LogP contribution >= 0.6 is 15.9 Å². The standard InChI is InChI=1S/C16H15BrN2O2/c1-11-8-19-9-13(17)7-15(16(19)18-11)21-10-12-3-5-14(20-2)6-4-12/h3-9H,10H2,1-2H3. The molecular weight excluding hydrogens is 332 g/mol. The van der Waals surface area contributed by atoms with Gasteiger partial charge >= 0.3 is 0 Å². The number of nitrogens with zero attached hydrogens (tertiary/aromatic N) is 2. The van der Waals surface area contributed by atoms with Crippen molar-refractivity contribution in [2.75, 3.05) is 7.11 Å². The minimum atomic E-state index is 0.488. The number of hydrogen-bond acceptors (Lipinski definition) is 3. The van der Waals surface area contributed by atoms with Crippen molar-refractivity contribution in [3.8, 4) is 11.5 Å². The van der Waals surface area contributed by atoms with Crippen LogP contribution in [0.4, 0.5) is 0 Å². The smallest absolute Gasteiger partial charge is 0.180 e. The number of halogens is 1. The Balaban J connectivity index is 1.83. The highest BCUT2D eigenvalue weighted by Crippen LogP contribution is 2.25. The quantitative estimate of drug-likeness (QED) is 0.716. The molecule has 0 atom stereocenters. The highest BCUT2D eigenvalue weighted by atomic mass is 79.9. The first-order valence-corrected chi connectivity index (χ1v) is 7.35. The number of aromatic nitrogens is 2. The van der Waals surface area contributed by atoms with Crippen molar-refractivity contribution in [3.05, 3.63) is 58.5 Å². The fourth-order valence-electron chi connectivity index (χ4n) is 2.15. The largest absolute Gasteiger partial charge is 0.497 e. The van der Waals surface area contributed by atoms with Crippen molar-refractivity contribution >= 4 is 21.6 Å². The van der Waals surface area contributed by atoms with Gasteiger partial charge < -0.3 is 13.9 Å². The van der Waals surface area contributed by atoms with E-state index >= 15 is 0 Å². The van der Waals surface area contributed by atoms with Crippen LogP contribution in [0.3, 0.4) is 0 Å². The van der Waals surface area contributed by atoms with Gasteiger partial charge in [0.2, 0.25) is 0 Å². The zero-order valence-corrected chi connectivity index (χ0v) is 13.4. The molecule has 4 nitrogen and oxygen atoms in total. The molecule has 3 rings (SSSR count). The van der Waals surface area contributed by atoms with E-state index in [9.17, 15) is 0 Å². The van der Waals surface area contributed by atoms with Gasteiger partial charge in [0.25, 0.3) is 0 Å². The molecule has 0 radical (unpaired) electrons. The first-order chi connectivity index (χ1) is 10.2. The third-order valence-corrected chi connectivity index (χ3v) is 3.59. The lowest BCUT2D eigenvalue weighted by Gasteiger charge is -2.09. The van der Waals surface area contributed by atoms with Gasteiger partial charge in [0, 0.05) is 16.9 Å². The van der Waals surface area contributed by atoms with Gasteiger partial charge in [-0.2, -0.15) is 0 Å². The van der Waals surface area contributed by atoms with Crippen LogP contribution in [-0.4, -0.2) is 16.5 Å². The Morgan fingerprint density at radius 2 is 1.95 bits per heavy atom. The minimum Gasteiger partial charge on any atom is -0.497 e. The molecule has 108 valence electrons. The Hall–Kier alpha value is -2.01. The SMILES string of the molecule is COc1ccc(COc2cc(Br)cn3cc(C)nc23)cc1. The minimum absolute atomic E-state index is 0.488. The Morgan fingerprint density at radius 1 is 1.19 bits per heavy atom. The summed E-state index contributed by atoms with van der Waals surface area (Å²) in [5, 5.41) is 0. The zero-order valence-electron chi connectivity index (χ0n) is 11.8. The van der Waals surface area contributed by atoms with E-state index in [1.807, 2.05) is 54.0 Å². The molecule has 5 heteroatoms. The number of fused-ring (bicyclic) bond motifs is 1. The number of hydrogen-bond donors (Lipinski definition) is 0. The molecule has 0 aliphatic rings. The Kier molecular flexibility index (Phi) is 3.84. The number of ether oxygens (including phenoxy) is 2. The van der Waals surface area contributed by atoms with Gasteiger partial charge in [-0.1, -0.05) is 12.1 Å². The molecule has 2 aromatic heterocycles. The summed E-state index contributed by atoms with van der Waals surface area (Å²) in [7, 11) is 1.66. The fourth-order valence-corrected chi connectivity index (χ4v) is 2.57. The number of rotatable bonds is 4. The van der Waals surface area contributed by atoms with Crippen molar-refractivity contribution in [2.24, 2.45) is 0 Å². The molecule has 0 bridgehead atoms. The van der Waals surface area contributed by atoms with E-state index in [0.29, 0.717) is 6.61 Å². The Labute approximate surface area is 131 Å². The van der Waals surface area contributed by atoms with E-state index in [1.54, 1.807) is 7.11 Å². The molecule has 0 saturated carbocycles. The van der Waals surface area contributed by atoms with Gasteiger partial charge in [-0.25, -0.2) is 4.98 Å². The molecule has 1 aromatic carbocycles. The van der Waals surface area contributed by atoms with E-state index < -0.39 is 0 Å². The summed E-state index contributed by atoms with van der Waals surface area (Å²) >= 11 is 3.49. The summed E-state index contributed by atoms with van der Waals surface area (Å²) in [6.45, 7) is 2.45. The number of methoxy groups -OCH3 is 1. The predicted octanol–water partition coefficient (Wildman–Crippen LogP) is 3.99. The lowest BCUT2D eigenvalue weighted by molar-refractivity contribution is 0.307. The molecule has 0 aliphatic carbocycles. The molecule has 3 aromatic rings. The van der Waals surface area contributed by atoms with Crippen LogP contribution in [0.15, 0.2) is 47.2 Å². The summed E-state index contributed by atoms with van der Waals surface area (Å²) in [6.07, 6.45) is 3.94. The van der Waals surface area contributed by atoms with Crippen molar-refractivity contribution in [1.82, 2.24) is 9.38 Å². The number of pyridine rings is 1. The predicted molar refractivity (Wildman–Crippen MR) is 85.0 cm³/mol. The molecule has 0 spiro atoms. The van der Waals surface area contributed by atoms with Crippen molar-refractivity contribution in [2.45, 2.75) is 13.5 Å². The lowest BCUT2D eigenvalue weighted by Crippen LogP contribution is -1.98. The third kappa shape index (κ3) is 3.03. The highest BCUT2D eigenvalue weighted by molar-refractivity contribution is 9.10. The molecule has 0 saturated heterocycles. The molecule has 21 heavy (non-hydrogen) atoms. The van der Waals surface area contributed by atoms with Crippen LogP contribution in [-0.2, 0) is 6.61 Å². The summed E-state index contributed by atoms with van der Waals surface area (Å²) < 4.78 is 14.0. The summed E-state index contributed by atoms with van der Waals surface area (Å²) in [5.74, 6) is 1.60. The van der Waals surface area contributed by atoms with Crippen molar-refractivity contribution < 1.29 is 9.47 Å². The van der Waals surface area contributed by atoms with E-state index in [4.69, 9.17) is 9.47 Å². The summed E-state index contributed by atoms with van der Waals surface area (Å²) in [5.41, 5.74) is 2.86. The normalized spacial score (nSPS) is 10.8. The van der Waals surface area contributed by atoms with Crippen LogP contribution in [0.5, 0.6) is 11.5 Å². The van der Waals surface area contributed by atoms with Gasteiger partial charge in [0.1, 0.15) is 12.4 Å². The van der Waals surface area contributed by atoms with Crippen LogP contribution in [0.2, 0.25) is 0 Å². The Morgan fingerprint density at radius 3 is 2.67 bits per heavy atom. The molecular formula is C16H15BrN2O2. The van der Waals surface area contributed by atoms with Gasteiger partial charge in [0.05, 0.1) is 12.8 Å². The Bertz CT molecular complexity index is 766. The topological polar surface area (TPSA) is 35.8 Å². The third-order valence-electron chi connectivity index (χ3n) is 3.16. The average molecular weight is 347 g/mol. The van der Waals surface area contributed by atoms with Gasteiger partial charge in [-0.15, -0.1) is 0 Å². The lowest BCUT2D eigenvalue weighted by atomic mass is 10.2. The molecule has 0 N–H and O–H groups in total. The summed E-state index contributed by atoms with van der Waals surface area (Å²) in [4.78, 5) is 4.49. The maximum atomic E-state index is 5.92. The summed E-state index contributed by atoms with van der Waals surface area (Å²) in [6, 6.07) is 9.77. The molecule has 0 unspecified atom stereocenters. The molecule has 0 fully saturated rings. The van der Waals surface area contributed by atoms with Crippen molar-refractivity contribution in [1.29, 1.82) is 0 Å². The first-order valence-electron chi connectivity index (χ1n) is 6.56. The van der Waals surface area contributed by atoms with Crippen molar-refractivity contribution in [3.63, 3.8) is 0 Å². The van der Waals surface area contributed by atoms with E-state index in [0.717, 1.165) is 32.9 Å². The van der Waals surface area contributed by atoms with E-state index in [2.05, 4.69) is 20.9 Å². The molecule has 0 aliphatic heterocycles. The van der Waals surface area contributed by atoms with E-state index in [-0.39, 0.29) is 0 Å². The van der Waals surface area contributed by atoms with E-state index in [1.165, 1.54) is 0 Å².